The first-order valence-corrected chi connectivity index (χ1v) is 11.0. The van der Waals surface area contributed by atoms with Crippen LogP contribution in [0.5, 0.6) is 5.75 Å². The molecule has 0 amide bonds. The van der Waals surface area contributed by atoms with Gasteiger partial charge in [-0.3, -0.25) is 18.7 Å². The van der Waals surface area contributed by atoms with E-state index in [-0.39, 0.29) is 11.3 Å². The summed E-state index contributed by atoms with van der Waals surface area (Å²) in [5.74, 6) is 0.362. The van der Waals surface area contributed by atoms with Crippen LogP contribution in [0.4, 0.5) is 4.39 Å². The van der Waals surface area contributed by atoms with Gasteiger partial charge in [0, 0.05) is 13.1 Å². The molecule has 0 unspecified atom stereocenters. The highest BCUT2D eigenvalue weighted by Gasteiger charge is 2.16. The summed E-state index contributed by atoms with van der Waals surface area (Å²) >= 11 is 5.75. The smallest absolute Gasteiger partial charge is 0.262 e. The van der Waals surface area contributed by atoms with Crippen molar-refractivity contribution in [1.29, 1.82) is 0 Å². The van der Waals surface area contributed by atoms with E-state index in [4.69, 9.17) is 22.1 Å². The highest BCUT2D eigenvalue weighted by Crippen LogP contribution is 2.19. The number of aromatic nitrogens is 4. The van der Waals surface area contributed by atoms with Gasteiger partial charge in [-0.25, -0.2) is 9.07 Å². The molecule has 0 radical (unpaired) electrons. The molecule has 2 aromatic carbocycles. The maximum absolute atomic E-state index is 14.1. The number of unbranched alkanes of at least 4 members (excludes halogenated alkanes) is 1. The highest BCUT2D eigenvalue weighted by molar-refractivity contribution is 7.71. The number of nitrogens with zero attached hydrogens (tertiary/aromatic N) is 5. The Hall–Kier alpha value is -3.04. The number of fused-ring (bicyclic) bond motifs is 3. The molecule has 2 heterocycles. The van der Waals surface area contributed by atoms with E-state index in [1.807, 2.05) is 46.7 Å². The SMILES string of the molecule is CCCCn1c(=O)c2ccccc2n2c(=S)n(CN(C)Cc3ccc(OC)c(F)c3)nc12. The molecule has 4 rings (SSSR count). The van der Waals surface area contributed by atoms with Crippen molar-refractivity contribution >= 4 is 28.9 Å². The second-order valence-electron chi connectivity index (χ2n) is 7.87. The predicted octanol–water partition coefficient (Wildman–Crippen LogP) is 4.22. The molecule has 0 saturated carbocycles. The van der Waals surface area contributed by atoms with Crippen LogP contribution in [-0.4, -0.2) is 37.8 Å². The zero-order valence-corrected chi connectivity index (χ0v) is 19.2. The van der Waals surface area contributed by atoms with Gasteiger partial charge >= 0.3 is 0 Å². The Kier molecular flexibility index (Phi) is 6.38. The van der Waals surface area contributed by atoms with Gasteiger partial charge in [-0.2, -0.15) is 0 Å². The molecule has 0 spiro atoms. The summed E-state index contributed by atoms with van der Waals surface area (Å²) < 4.78 is 24.8. The standard InChI is InChI=1S/C23H26FN5O2S/c1-4-5-12-27-21(30)17-8-6-7-9-19(17)29-22(27)25-28(23(29)32)15-26(2)14-16-10-11-20(31-3)18(24)13-16/h6-11,13H,4-5,12,14-15H2,1-3H3. The van der Waals surface area contributed by atoms with E-state index in [1.165, 1.54) is 13.2 Å². The molecule has 0 saturated heterocycles. The van der Waals surface area contributed by atoms with Gasteiger partial charge < -0.3 is 4.74 Å². The van der Waals surface area contributed by atoms with Crippen molar-refractivity contribution in [2.75, 3.05) is 14.2 Å². The molecular weight excluding hydrogens is 429 g/mol. The topological polar surface area (TPSA) is 56.7 Å². The minimum absolute atomic E-state index is 0.0595. The Morgan fingerprint density at radius 3 is 2.72 bits per heavy atom. The van der Waals surface area contributed by atoms with Crippen LogP contribution in [0.15, 0.2) is 47.3 Å². The second-order valence-corrected chi connectivity index (χ2v) is 8.23. The fraction of sp³-hybridized carbons (Fsp3) is 0.348. The zero-order chi connectivity index (χ0) is 22.8. The van der Waals surface area contributed by atoms with Crippen LogP contribution in [0, 0.1) is 10.6 Å². The number of para-hydroxylation sites is 1. The Balaban J connectivity index is 1.73. The third-order valence-electron chi connectivity index (χ3n) is 5.46. The summed E-state index contributed by atoms with van der Waals surface area (Å²) in [4.78, 5) is 15.1. The first-order chi connectivity index (χ1) is 15.4. The lowest BCUT2D eigenvalue weighted by atomic mass is 10.2. The van der Waals surface area contributed by atoms with E-state index in [2.05, 4.69) is 6.92 Å². The highest BCUT2D eigenvalue weighted by atomic mass is 32.1. The molecule has 32 heavy (non-hydrogen) atoms. The predicted molar refractivity (Wildman–Crippen MR) is 125 cm³/mol. The Morgan fingerprint density at radius 1 is 1.22 bits per heavy atom. The van der Waals surface area contributed by atoms with Crippen LogP contribution in [0.3, 0.4) is 0 Å². The van der Waals surface area contributed by atoms with Crippen molar-refractivity contribution in [3.8, 4) is 5.75 Å². The molecule has 0 N–H and O–H groups in total. The van der Waals surface area contributed by atoms with Crippen LogP contribution in [0.2, 0.25) is 0 Å². The normalized spacial score (nSPS) is 11.7. The van der Waals surface area contributed by atoms with Crippen LogP contribution >= 0.6 is 12.2 Å². The fourth-order valence-corrected chi connectivity index (χ4v) is 4.15. The summed E-state index contributed by atoms with van der Waals surface area (Å²) in [7, 11) is 3.36. The molecule has 0 aliphatic rings. The molecule has 9 heteroatoms. The first kappa shape index (κ1) is 22.2. The molecule has 168 valence electrons. The molecule has 4 aromatic rings. The average Bonchev–Trinajstić information content (AvgIpc) is 3.09. The van der Waals surface area contributed by atoms with Crippen molar-refractivity contribution in [3.63, 3.8) is 0 Å². The van der Waals surface area contributed by atoms with Crippen LogP contribution in [0.1, 0.15) is 25.3 Å². The molecule has 0 atom stereocenters. The number of halogens is 1. The third-order valence-corrected chi connectivity index (χ3v) is 5.86. The van der Waals surface area contributed by atoms with Crippen molar-refractivity contribution in [3.05, 3.63) is 69.0 Å². The lowest BCUT2D eigenvalue weighted by Gasteiger charge is -2.16. The minimum atomic E-state index is -0.394. The monoisotopic (exact) mass is 455 g/mol. The number of hydrogen-bond acceptors (Lipinski definition) is 5. The van der Waals surface area contributed by atoms with Gasteiger partial charge in [0.2, 0.25) is 10.5 Å². The molecule has 0 aliphatic heterocycles. The number of ether oxygens (including phenoxy) is 1. The van der Waals surface area contributed by atoms with Gasteiger partial charge in [0.05, 0.1) is 24.7 Å². The van der Waals surface area contributed by atoms with Gasteiger partial charge in [0.1, 0.15) is 0 Å². The largest absolute Gasteiger partial charge is 0.494 e. The van der Waals surface area contributed by atoms with E-state index >= 15 is 0 Å². The Bertz CT molecular complexity index is 1390. The van der Waals surface area contributed by atoms with Crippen LogP contribution in [0.25, 0.3) is 16.7 Å². The maximum Gasteiger partial charge on any atom is 0.262 e. The maximum atomic E-state index is 14.1. The average molecular weight is 456 g/mol. The fourth-order valence-electron chi connectivity index (χ4n) is 3.88. The molecule has 2 aromatic heterocycles. The van der Waals surface area contributed by atoms with Crippen molar-refractivity contribution in [2.24, 2.45) is 0 Å². The summed E-state index contributed by atoms with van der Waals surface area (Å²) in [6, 6.07) is 12.4. The van der Waals surface area contributed by atoms with Gasteiger partial charge in [0.25, 0.3) is 5.56 Å². The molecule has 0 bridgehead atoms. The molecule has 0 aliphatic carbocycles. The van der Waals surface area contributed by atoms with E-state index in [0.717, 1.165) is 23.9 Å². The molecular formula is C23H26FN5O2S. The summed E-state index contributed by atoms with van der Waals surface area (Å²) in [6.07, 6.45) is 1.84. The first-order valence-electron chi connectivity index (χ1n) is 10.6. The summed E-state index contributed by atoms with van der Waals surface area (Å²) in [5, 5.41) is 5.32. The number of rotatable bonds is 8. The number of aryl methyl sites for hydroxylation is 1. The van der Waals surface area contributed by atoms with E-state index < -0.39 is 5.82 Å². The summed E-state index contributed by atoms with van der Waals surface area (Å²) in [5.41, 5.74) is 1.50. The van der Waals surface area contributed by atoms with Gasteiger partial charge in [-0.15, -0.1) is 5.10 Å². The third kappa shape index (κ3) is 4.05. The number of hydrogen-bond donors (Lipinski definition) is 0. The minimum Gasteiger partial charge on any atom is -0.494 e. The lowest BCUT2D eigenvalue weighted by molar-refractivity contribution is 0.244. The number of benzene rings is 2. The second kappa shape index (κ2) is 9.22. The lowest BCUT2D eigenvalue weighted by Crippen LogP contribution is -2.24. The van der Waals surface area contributed by atoms with Crippen molar-refractivity contribution in [1.82, 2.24) is 23.6 Å². The summed E-state index contributed by atoms with van der Waals surface area (Å²) in [6.45, 7) is 3.56. The Morgan fingerprint density at radius 2 is 2.00 bits per heavy atom. The van der Waals surface area contributed by atoms with Gasteiger partial charge in [-0.05, 0) is 55.5 Å². The molecule has 0 fully saturated rings. The van der Waals surface area contributed by atoms with Gasteiger partial charge in [-0.1, -0.05) is 31.5 Å². The van der Waals surface area contributed by atoms with Crippen molar-refractivity contribution in [2.45, 2.75) is 39.5 Å². The van der Waals surface area contributed by atoms with Crippen LogP contribution < -0.4 is 10.3 Å². The zero-order valence-electron chi connectivity index (χ0n) is 18.4. The quantitative estimate of drug-likeness (QED) is 0.373. The van der Waals surface area contributed by atoms with E-state index in [1.54, 1.807) is 15.3 Å². The number of methoxy groups -OCH3 is 1. The van der Waals surface area contributed by atoms with Gasteiger partial charge in [0.15, 0.2) is 11.6 Å². The van der Waals surface area contributed by atoms with Crippen LogP contribution in [-0.2, 0) is 19.8 Å². The van der Waals surface area contributed by atoms with E-state index in [0.29, 0.717) is 35.7 Å². The van der Waals surface area contributed by atoms with E-state index in [9.17, 15) is 9.18 Å². The molecule has 7 nitrogen and oxygen atoms in total. The van der Waals surface area contributed by atoms with Crippen molar-refractivity contribution < 1.29 is 9.13 Å². The Labute approximate surface area is 190 Å².